The van der Waals surface area contributed by atoms with Crippen LogP contribution >= 0.6 is 0 Å². The van der Waals surface area contributed by atoms with Crippen LogP contribution in [-0.4, -0.2) is 58.4 Å². The number of hydrogen-bond acceptors (Lipinski definition) is 5. The first kappa shape index (κ1) is 20.8. The molecule has 0 aliphatic carbocycles. The number of amides is 1. The second-order valence-corrected chi connectivity index (χ2v) is 8.73. The SMILES string of the molecule is Cc1cc(Nc2ncccc2C)cc([C@@H]2CCCN(CC(=O)N3CCCCC3)C2)n1. The van der Waals surface area contributed by atoms with E-state index in [1.54, 1.807) is 0 Å². The molecule has 0 radical (unpaired) electrons. The molecule has 2 fully saturated rings. The molecule has 1 atom stereocenters. The standard InChI is InChI=1S/C24H33N5O/c1-18-8-6-10-25-24(18)27-21-14-19(2)26-22(15-21)20-9-7-11-28(16-20)17-23(30)29-12-4-3-5-13-29/h6,8,10,14-15,20H,3-5,7,9,11-13,16-17H2,1-2H3,(H,25,26,27)/t20-/m1/s1. The molecule has 0 aromatic carbocycles. The maximum atomic E-state index is 12.7. The molecule has 0 saturated carbocycles. The molecule has 6 nitrogen and oxygen atoms in total. The molecular formula is C24H33N5O. The summed E-state index contributed by atoms with van der Waals surface area (Å²) in [4.78, 5) is 26.4. The molecule has 2 aromatic rings. The molecular weight excluding hydrogens is 374 g/mol. The molecule has 2 saturated heterocycles. The molecule has 1 amide bonds. The maximum Gasteiger partial charge on any atom is 0.236 e. The van der Waals surface area contributed by atoms with Gasteiger partial charge in [0, 0.05) is 48.8 Å². The highest BCUT2D eigenvalue weighted by molar-refractivity contribution is 5.78. The number of carbonyl (C=O) groups is 1. The van der Waals surface area contributed by atoms with E-state index in [2.05, 4.69) is 45.2 Å². The Balaban J connectivity index is 1.43. The summed E-state index contributed by atoms with van der Waals surface area (Å²) < 4.78 is 0. The number of piperidine rings is 2. The molecule has 2 aliphatic rings. The monoisotopic (exact) mass is 407 g/mol. The number of nitrogens with zero attached hydrogens (tertiary/aromatic N) is 4. The average molecular weight is 408 g/mol. The van der Waals surface area contributed by atoms with Gasteiger partial charge < -0.3 is 10.2 Å². The zero-order chi connectivity index (χ0) is 20.9. The molecule has 30 heavy (non-hydrogen) atoms. The Morgan fingerprint density at radius 2 is 1.97 bits per heavy atom. The summed E-state index contributed by atoms with van der Waals surface area (Å²) in [6.45, 7) is 8.40. The summed E-state index contributed by atoms with van der Waals surface area (Å²) in [5, 5.41) is 3.45. The van der Waals surface area contributed by atoms with Gasteiger partial charge >= 0.3 is 0 Å². The van der Waals surface area contributed by atoms with Gasteiger partial charge in [-0.3, -0.25) is 14.7 Å². The van der Waals surface area contributed by atoms with Crippen LogP contribution in [0.3, 0.4) is 0 Å². The summed E-state index contributed by atoms with van der Waals surface area (Å²) in [6.07, 6.45) is 7.58. The second kappa shape index (κ2) is 9.56. The zero-order valence-corrected chi connectivity index (χ0v) is 18.2. The number of carbonyl (C=O) groups excluding carboxylic acids is 1. The summed E-state index contributed by atoms with van der Waals surface area (Å²) in [7, 11) is 0. The van der Waals surface area contributed by atoms with Crippen LogP contribution in [0.2, 0.25) is 0 Å². The molecule has 4 rings (SSSR count). The number of anilines is 2. The Hall–Kier alpha value is -2.47. The van der Waals surface area contributed by atoms with Crippen molar-refractivity contribution in [2.24, 2.45) is 0 Å². The molecule has 4 heterocycles. The lowest BCUT2D eigenvalue weighted by Gasteiger charge is -2.34. The zero-order valence-electron chi connectivity index (χ0n) is 18.2. The Bertz CT molecular complexity index is 878. The number of rotatable bonds is 5. The van der Waals surface area contributed by atoms with Crippen LogP contribution in [0.1, 0.15) is 55.0 Å². The quantitative estimate of drug-likeness (QED) is 0.811. The highest BCUT2D eigenvalue weighted by atomic mass is 16.2. The second-order valence-electron chi connectivity index (χ2n) is 8.73. The Morgan fingerprint density at radius 1 is 1.13 bits per heavy atom. The van der Waals surface area contributed by atoms with Crippen molar-refractivity contribution < 1.29 is 4.79 Å². The minimum Gasteiger partial charge on any atom is -0.342 e. The summed E-state index contributed by atoms with van der Waals surface area (Å²) in [6, 6.07) is 8.23. The molecule has 1 N–H and O–H groups in total. The van der Waals surface area contributed by atoms with Crippen molar-refractivity contribution in [2.45, 2.75) is 51.9 Å². The maximum absolute atomic E-state index is 12.7. The lowest BCUT2D eigenvalue weighted by molar-refractivity contribution is -0.133. The average Bonchev–Trinajstić information content (AvgIpc) is 2.76. The van der Waals surface area contributed by atoms with Gasteiger partial charge in [-0.2, -0.15) is 0 Å². The fraction of sp³-hybridized carbons (Fsp3) is 0.542. The minimum absolute atomic E-state index is 0.292. The Morgan fingerprint density at radius 3 is 2.77 bits per heavy atom. The van der Waals surface area contributed by atoms with Crippen LogP contribution < -0.4 is 5.32 Å². The predicted molar refractivity (Wildman–Crippen MR) is 120 cm³/mol. The van der Waals surface area contributed by atoms with Gasteiger partial charge in [0.25, 0.3) is 0 Å². The van der Waals surface area contributed by atoms with Crippen molar-refractivity contribution in [1.29, 1.82) is 0 Å². The van der Waals surface area contributed by atoms with Crippen molar-refractivity contribution >= 4 is 17.4 Å². The molecule has 2 aliphatic heterocycles. The molecule has 0 unspecified atom stereocenters. The van der Waals surface area contributed by atoms with Gasteiger partial charge in [-0.25, -0.2) is 4.98 Å². The molecule has 2 aromatic heterocycles. The third-order valence-corrected chi connectivity index (χ3v) is 6.24. The number of nitrogens with one attached hydrogen (secondary N) is 1. The van der Waals surface area contributed by atoms with Gasteiger partial charge in [-0.15, -0.1) is 0 Å². The first-order valence-corrected chi connectivity index (χ1v) is 11.3. The van der Waals surface area contributed by atoms with Crippen LogP contribution in [0.25, 0.3) is 0 Å². The lowest BCUT2D eigenvalue weighted by Crippen LogP contribution is -2.45. The Labute approximate surface area is 179 Å². The number of pyridine rings is 2. The van der Waals surface area contributed by atoms with Crippen molar-refractivity contribution in [3.05, 3.63) is 47.4 Å². The van der Waals surface area contributed by atoms with Crippen LogP contribution in [0.5, 0.6) is 0 Å². The van der Waals surface area contributed by atoms with Gasteiger partial charge in [0.2, 0.25) is 5.91 Å². The largest absolute Gasteiger partial charge is 0.342 e. The summed E-state index contributed by atoms with van der Waals surface area (Å²) in [5.41, 5.74) is 4.26. The van der Waals surface area contributed by atoms with Crippen molar-refractivity contribution in [1.82, 2.24) is 19.8 Å². The van der Waals surface area contributed by atoms with E-state index in [9.17, 15) is 4.79 Å². The van der Waals surface area contributed by atoms with Crippen LogP contribution in [0.4, 0.5) is 11.5 Å². The highest BCUT2D eigenvalue weighted by Crippen LogP contribution is 2.29. The van der Waals surface area contributed by atoms with Gasteiger partial charge in [0.05, 0.1) is 6.54 Å². The fourth-order valence-corrected chi connectivity index (χ4v) is 4.60. The third kappa shape index (κ3) is 5.17. The lowest BCUT2D eigenvalue weighted by atomic mass is 9.93. The van der Waals surface area contributed by atoms with E-state index in [1.807, 2.05) is 19.2 Å². The van der Waals surface area contributed by atoms with Gasteiger partial charge in [0.1, 0.15) is 5.82 Å². The van der Waals surface area contributed by atoms with Crippen molar-refractivity contribution in [3.63, 3.8) is 0 Å². The van der Waals surface area contributed by atoms with E-state index in [0.29, 0.717) is 18.4 Å². The predicted octanol–water partition coefficient (Wildman–Crippen LogP) is 4.03. The summed E-state index contributed by atoms with van der Waals surface area (Å²) >= 11 is 0. The summed E-state index contributed by atoms with van der Waals surface area (Å²) in [5.74, 6) is 1.53. The number of aromatic nitrogens is 2. The van der Waals surface area contributed by atoms with Crippen LogP contribution in [0.15, 0.2) is 30.5 Å². The number of likely N-dealkylation sites (tertiary alicyclic amines) is 2. The van der Waals surface area contributed by atoms with Crippen molar-refractivity contribution in [3.8, 4) is 0 Å². The molecule has 160 valence electrons. The van der Waals surface area contributed by atoms with Gasteiger partial charge in [0.15, 0.2) is 0 Å². The van der Waals surface area contributed by atoms with Gasteiger partial charge in [-0.1, -0.05) is 6.07 Å². The topological polar surface area (TPSA) is 61.4 Å². The van der Waals surface area contributed by atoms with Crippen LogP contribution in [-0.2, 0) is 4.79 Å². The fourth-order valence-electron chi connectivity index (χ4n) is 4.60. The first-order chi connectivity index (χ1) is 14.6. The third-order valence-electron chi connectivity index (χ3n) is 6.24. The highest BCUT2D eigenvalue weighted by Gasteiger charge is 2.26. The molecule has 0 spiro atoms. The number of hydrogen-bond donors (Lipinski definition) is 1. The van der Waals surface area contributed by atoms with E-state index < -0.39 is 0 Å². The first-order valence-electron chi connectivity index (χ1n) is 11.3. The van der Waals surface area contributed by atoms with Crippen LogP contribution in [0, 0.1) is 13.8 Å². The smallest absolute Gasteiger partial charge is 0.236 e. The Kier molecular flexibility index (Phi) is 6.62. The minimum atomic E-state index is 0.292. The van der Waals surface area contributed by atoms with Gasteiger partial charge in [-0.05, 0) is 76.3 Å². The van der Waals surface area contributed by atoms with E-state index in [0.717, 1.165) is 80.3 Å². The van der Waals surface area contributed by atoms with E-state index >= 15 is 0 Å². The molecule has 6 heteroatoms. The van der Waals surface area contributed by atoms with E-state index in [4.69, 9.17) is 4.98 Å². The number of aryl methyl sites for hydroxylation is 2. The van der Waals surface area contributed by atoms with Crippen molar-refractivity contribution in [2.75, 3.05) is 38.0 Å². The normalized spacial score (nSPS) is 20.2. The van der Waals surface area contributed by atoms with E-state index in [-0.39, 0.29) is 0 Å². The molecule has 0 bridgehead atoms. The van der Waals surface area contributed by atoms with E-state index in [1.165, 1.54) is 6.42 Å².